The zero-order valence-electron chi connectivity index (χ0n) is 10.4. The number of rotatable bonds is 4. The average molecular weight is 260 g/mol. The van der Waals surface area contributed by atoms with Crippen LogP contribution in [0.5, 0.6) is 0 Å². The fourth-order valence-electron chi connectivity index (χ4n) is 1.51. The van der Waals surface area contributed by atoms with E-state index in [0.717, 1.165) is 0 Å². The van der Waals surface area contributed by atoms with Crippen molar-refractivity contribution in [3.05, 3.63) is 53.9 Å². The lowest BCUT2D eigenvalue weighted by atomic mass is 10.2. The van der Waals surface area contributed by atoms with E-state index in [-0.39, 0.29) is 11.7 Å². The number of benzene rings is 1. The summed E-state index contributed by atoms with van der Waals surface area (Å²) in [5.74, 6) is -0.000711. The van der Waals surface area contributed by atoms with Crippen LogP contribution in [0.4, 0.5) is 4.39 Å². The third kappa shape index (κ3) is 3.48. The van der Waals surface area contributed by atoms with Crippen LogP contribution in [0, 0.1) is 5.82 Å². The molecular weight excluding hydrogens is 247 g/mol. The normalized spacial score (nSPS) is 10.8. The van der Waals surface area contributed by atoms with Crippen LogP contribution in [0.15, 0.2) is 36.7 Å². The van der Waals surface area contributed by atoms with Gasteiger partial charge in [0.05, 0.1) is 6.54 Å². The second-order valence-electron chi connectivity index (χ2n) is 3.98. The number of H-pyrrole nitrogens is 1. The van der Waals surface area contributed by atoms with Gasteiger partial charge in [-0.2, -0.15) is 5.10 Å². The Morgan fingerprint density at radius 3 is 2.95 bits per heavy atom. The second-order valence-corrected chi connectivity index (χ2v) is 3.98. The highest BCUT2D eigenvalue weighted by molar-refractivity contribution is 5.91. The number of aromatic amines is 1. The lowest BCUT2D eigenvalue weighted by Gasteiger charge is -2.12. The maximum atomic E-state index is 13.3. The van der Waals surface area contributed by atoms with Gasteiger partial charge < -0.3 is 4.90 Å². The zero-order chi connectivity index (χ0) is 13.7. The molecule has 0 spiro atoms. The van der Waals surface area contributed by atoms with Crippen molar-refractivity contribution in [1.29, 1.82) is 0 Å². The maximum absolute atomic E-state index is 13.3. The summed E-state index contributed by atoms with van der Waals surface area (Å²) in [6.07, 6.45) is 4.16. The van der Waals surface area contributed by atoms with E-state index in [1.54, 1.807) is 25.2 Å². The van der Waals surface area contributed by atoms with Crippen molar-refractivity contribution < 1.29 is 9.18 Å². The van der Waals surface area contributed by atoms with E-state index in [1.807, 2.05) is 0 Å². The molecule has 1 heterocycles. The van der Waals surface area contributed by atoms with Crippen molar-refractivity contribution in [2.24, 2.45) is 0 Å². The van der Waals surface area contributed by atoms with Gasteiger partial charge in [-0.25, -0.2) is 9.37 Å². The van der Waals surface area contributed by atoms with E-state index >= 15 is 0 Å². The minimum absolute atomic E-state index is 0.236. The number of nitrogens with one attached hydrogen (secondary N) is 1. The Bertz CT molecular complexity index is 580. The summed E-state index contributed by atoms with van der Waals surface area (Å²) >= 11 is 0. The molecule has 0 saturated carbocycles. The van der Waals surface area contributed by atoms with Crippen LogP contribution in [-0.2, 0) is 11.3 Å². The minimum atomic E-state index is -0.357. The molecule has 0 aliphatic heterocycles. The number of amides is 1. The van der Waals surface area contributed by atoms with Crippen molar-refractivity contribution in [3.63, 3.8) is 0 Å². The molecule has 98 valence electrons. The van der Waals surface area contributed by atoms with E-state index in [0.29, 0.717) is 17.9 Å². The molecule has 0 atom stereocenters. The van der Waals surface area contributed by atoms with Gasteiger partial charge in [-0.1, -0.05) is 18.2 Å². The summed E-state index contributed by atoms with van der Waals surface area (Å²) in [5, 5.41) is 6.36. The number of hydrogen-bond donors (Lipinski definition) is 1. The highest BCUT2D eigenvalue weighted by Gasteiger charge is 2.07. The summed E-state index contributed by atoms with van der Waals surface area (Å²) in [7, 11) is 1.64. The fraction of sp³-hybridized carbons (Fsp3) is 0.154. The number of likely N-dealkylation sites (N-methyl/N-ethyl adjacent to an activating group) is 1. The lowest BCUT2D eigenvalue weighted by molar-refractivity contribution is -0.125. The van der Waals surface area contributed by atoms with E-state index in [9.17, 15) is 9.18 Å². The molecule has 0 bridgehead atoms. The molecule has 0 unspecified atom stereocenters. The topological polar surface area (TPSA) is 61.9 Å². The van der Waals surface area contributed by atoms with Gasteiger partial charge in [0.15, 0.2) is 0 Å². The van der Waals surface area contributed by atoms with Crippen LogP contribution in [0.25, 0.3) is 6.08 Å². The standard InChI is InChI=1S/C13H13FN4O/c1-18(8-12-15-9-16-17-12)13(19)7-6-10-4-2-3-5-11(10)14/h2-7,9H,8H2,1H3,(H,15,16,17). The first-order valence-corrected chi connectivity index (χ1v) is 5.69. The van der Waals surface area contributed by atoms with Crippen LogP contribution in [0.3, 0.4) is 0 Å². The van der Waals surface area contributed by atoms with Crippen molar-refractivity contribution in [3.8, 4) is 0 Å². The number of hydrogen-bond acceptors (Lipinski definition) is 3. The molecule has 1 N–H and O–H groups in total. The van der Waals surface area contributed by atoms with Gasteiger partial charge >= 0.3 is 0 Å². The molecule has 1 aromatic heterocycles. The molecule has 1 amide bonds. The van der Waals surface area contributed by atoms with Gasteiger partial charge in [-0.05, 0) is 12.1 Å². The predicted molar refractivity (Wildman–Crippen MR) is 68.3 cm³/mol. The molecule has 0 saturated heterocycles. The van der Waals surface area contributed by atoms with Crippen molar-refractivity contribution in [2.45, 2.75) is 6.54 Å². The highest BCUT2D eigenvalue weighted by Crippen LogP contribution is 2.08. The van der Waals surface area contributed by atoms with Crippen LogP contribution >= 0.6 is 0 Å². The smallest absolute Gasteiger partial charge is 0.246 e. The molecule has 0 aliphatic carbocycles. The Kier molecular flexibility index (Phi) is 4.02. The van der Waals surface area contributed by atoms with Gasteiger partial charge in [-0.15, -0.1) is 0 Å². The van der Waals surface area contributed by atoms with Gasteiger partial charge in [0.2, 0.25) is 5.91 Å². The zero-order valence-corrected chi connectivity index (χ0v) is 10.4. The van der Waals surface area contributed by atoms with Crippen LogP contribution in [0.2, 0.25) is 0 Å². The van der Waals surface area contributed by atoms with Crippen LogP contribution < -0.4 is 0 Å². The van der Waals surface area contributed by atoms with Gasteiger partial charge in [0.25, 0.3) is 0 Å². The molecule has 2 aromatic rings. The van der Waals surface area contributed by atoms with Crippen molar-refractivity contribution in [2.75, 3.05) is 7.05 Å². The van der Waals surface area contributed by atoms with Crippen LogP contribution in [0.1, 0.15) is 11.4 Å². The van der Waals surface area contributed by atoms with Crippen molar-refractivity contribution in [1.82, 2.24) is 20.1 Å². The summed E-state index contributed by atoms with van der Waals surface area (Å²) < 4.78 is 13.3. The fourth-order valence-corrected chi connectivity index (χ4v) is 1.51. The largest absolute Gasteiger partial charge is 0.335 e. The average Bonchev–Trinajstić information content (AvgIpc) is 2.90. The Hall–Kier alpha value is -2.50. The number of halogens is 1. The molecule has 19 heavy (non-hydrogen) atoms. The summed E-state index contributed by atoms with van der Waals surface area (Å²) in [5.41, 5.74) is 0.379. The lowest BCUT2D eigenvalue weighted by Crippen LogP contribution is -2.24. The number of carbonyl (C=O) groups is 1. The summed E-state index contributed by atoms with van der Waals surface area (Å²) in [6, 6.07) is 6.27. The summed E-state index contributed by atoms with van der Waals surface area (Å²) in [6.45, 7) is 0.320. The van der Waals surface area contributed by atoms with E-state index in [4.69, 9.17) is 0 Å². The maximum Gasteiger partial charge on any atom is 0.246 e. The Morgan fingerprint density at radius 1 is 1.47 bits per heavy atom. The predicted octanol–water partition coefficient (Wildman–Crippen LogP) is 1.62. The van der Waals surface area contributed by atoms with E-state index < -0.39 is 0 Å². The molecule has 5 nitrogen and oxygen atoms in total. The first kappa shape index (κ1) is 12.9. The SMILES string of the molecule is CN(Cc1ncn[nH]1)C(=O)C=Cc1ccccc1F. The van der Waals surface area contributed by atoms with Gasteiger partial charge in [0.1, 0.15) is 18.0 Å². The molecule has 2 rings (SSSR count). The molecule has 1 aromatic carbocycles. The minimum Gasteiger partial charge on any atom is -0.335 e. The molecule has 0 aliphatic rings. The molecule has 0 radical (unpaired) electrons. The van der Waals surface area contributed by atoms with E-state index in [2.05, 4.69) is 15.2 Å². The van der Waals surface area contributed by atoms with Gasteiger partial charge in [-0.3, -0.25) is 9.89 Å². The Balaban J connectivity index is 1.99. The second kappa shape index (κ2) is 5.90. The monoisotopic (exact) mass is 260 g/mol. The number of aromatic nitrogens is 3. The summed E-state index contributed by atoms with van der Waals surface area (Å²) in [4.78, 5) is 17.2. The third-order valence-corrected chi connectivity index (χ3v) is 2.54. The quantitative estimate of drug-likeness (QED) is 0.850. The first-order valence-electron chi connectivity index (χ1n) is 5.69. The first-order chi connectivity index (χ1) is 9.16. The van der Waals surface area contributed by atoms with Crippen LogP contribution in [-0.4, -0.2) is 33.0 Å². The van der Waals surface area contributed by atoms with Gasteiger partial charge in [0, 0.05) is 18.7 Å². The molecule has 6 heteroatoms. The number of nitrogens with zero attached hydrogens (tertiary/aromatic N) is 3. The molecule has 0 fully saturated rings. The number of carbonyl (C=O) groups excluding carboxylic acids is 1. The van der Waals surface area contributed by atoms with Crippen molar-refractivity contribution >= 4 is 12.0 Å². The third-order valence-electron chi connectivity index (χ3n) is 2.54. The Morgan fingerprint density at radius 2 is 2.26 bits per heavy atom. The molecular formula is C13H13FN4O. The van der Waals surface area contributed by atoms with E-state index in [1.165, 1.54) is 29.4 Å². The highest BCUT2D eigenvalue weighted by atomic mass is 19.1. The Labute approximate surface area is 109 Å².